The number of nitrogens with zero attached hydrogens (tertiary/aromatic N) is 2. The fourth-order valence-electron chi connectivity index (χ4n) is 1.40. The number of hydrogen-bond acceptors (Lipinski definition) is 4. The smallest absolute Gasteiger partial charge is 0.159 e. The highest BCUT2D eigenvalue weighted by molar-refractivity contribution is 9.09. The molecule has 2 heterocycles. The van der Waals surface area contributed by atoms with Gasteiger partial charge in [0.2, 0.25) is 0 Å². The minimum Gasteiger partial charge on any atom is -0.349 e. The molecule has 0 amide bonds. The van der Waals surface area contributed by atoms with Crippen LogP contribution in [0.15, 0.2) is 22.5 Å². The van der Waals surface area contributed by atoms with Crippen LogP contribution in [0.5, 0.6) is 0 Å². The summed E-state index contributed by atoms with van der Waals surface area (Å²) in [5.41, 5.74) is 0. The van der Waals surface area contributed by atoms with Gasteiger partial charge in [-0.2, -0.15) is 0 Å². The lowest BCUT2D eigenvalue weighted by molar-refractivity contribution is 0.516. The average Bonchev–Trinajstić information content (AvgIpc) is 2.86. The maximum Gasteiger partial charge on any atom is 0.159 e. The molecule has 2 rings (SSSR count). The zero-order chi connectivity index (χ0) is 10.7. The third-order valence-corrected chi connectivity index (χ3v) is 5.55. The molecule has 0 aromatic carbocycles. The fourth-order valence-corrected chi connectivity index (χ4v) is 3.66. The van der Waals surface area contributed by atoms with Crippen LogP contribution in [-0.2, 0) is 6.54 Å². The molecular formula is C10H13BrN2S2. The predicted octanol–water partition coefficient (Wildman–Crippen LogP) is 3.05. The zero-order valence-electron chi connectivity index (χ0n) is 8.52. The standard InChI is InChI=1S/C10H13BrN2S2/c1-13(7-8-3-2-4-14-8)10-12-6-9(5-11)15-10/h2-4,9H,5-7H2,1H3. The molecule has 15 heavy (non-hydrogen) atoms. The summed E-state index contributed by atoms with van der Waals surface area (Å²) in [4.78, 5) is 8.18. The molecule has 1 aliphatic heterocycles. The van der Waals surface area contributed by atoms with E-state index in [1.165, 1.54) is 10.0 Å². The first-order chi connectivity index (χ1) is 7.29. The molecule has 0 saturated heterocycles. The molecule has 1 aliphatic rings. The van der Waals surface area contributed by atoms with Gasteiger partial charge in [-0.25, -0.2) is 0 Å². The fraction of sp³-hybridized carbons (Fsp3) is 0.500. The molecule has 0 radical (unpaired) electrons. The lowest BCUT2D eigenvalue weighted by Crippen LogP contribution is -2.22. The summed E-state index contributed by atoms with van der Waals surface area (Å²) in [5.74, 6) is 0. The Kier molecular flexibility index (Phi) is 4.11. The van der Waals surface area contributed by atoms with E-state index in [0.29, 0.717) is 5.25 Å². The van der Waals surface area contributed by atoms with Gasteiger partial charge in [0.25, 0.3) is 0 Å². The Morgan fingerprint density at radius 3 is 3.13 bits per heavy atom. The Bertz CT molecular complexity index is 337. The molecule has 0 N–H and O–H groups in total. The van der Waals surface area contributed by atoms with Crippen LogP contribution >= 0.6 is 39.0 Å². The van der Waals surface area contributed by atoms with Crippen molar-refractivity contribution in [2.75, 3.05) is 18.9 Å². The van der Waals surface area contributed by atoms with Gasteiger partial charge in [-0.1, -0.05) is 33.8 Å². The Morgan fingerprint density at radius 2 is 2.53 bits per heavy atom. The van der Waals surface area contributed by atoms with Crippen LogP contribution in [0.1, 0.15) is 4.88 Å². The van der Waals surface area contributed by atoms with E-state index in [9.17, 15) is 0 Å². The van der Waals surface area contributed by atoms with Crippen LogP contribution in [0.25, 0.3) is 0 Å². The van der Waals surface area contributed by atoms with Crippen LogP contribution in [0.4, 0.5) is 0 Å². The van der Waals surface area contributed by atoms with Crippen LogP contribution in [0.3, 0.4) is 0 Å². The maximum absolute atomic E-state index is 4.55. The van der Waals surface area contributed by atoms with E-state index in [2.05, 4.69) is 50.4 Å². The second kappa shape index (κ2) is 5.37. The average molecular weight is 305 g/mol. The van der Waals surface area contributed by atoms with Gasteiger partial charge >= 0.3 is 0 Å². The van der Waals surface area contributed by atoms with E-state index in [0.717, 1.165) is 18.4 Å². The second-order valence-corrected chi connectivity index (χ2v) is 6.40. The van der Waals surface area contributed by atoms with Gasteiger partial charge in [-0.05, 0) is 11.4 Å². The van der Waals surface area contributed by atoms with Gasteiger partial charge in [-0.3, -0.25) is 4.99 Å². The van der Waals surface area contributed by atoms with Crippen molar-refractivity contribution in [3.05, 3.63) is 22.4 Å². The molecule has 1 unspecified atom stereocenters. The number of hydrogen-bond donors (Lipinski definition) is 0. The summed E-state index contributed by atoms with van der Waals surface area (Å²) in [5, 5.41) is 4.93. The summed E-state index contributed by atoms with van der Waals surface area (Å²) in [7, 11) is 2.11. The molecule has 5 heteroatoms. The molecule has 0 spiro atoms. The summed E-state index contributed by atoms with van der Waals surface area (Å²) in [6.07, 6.45) is 0. The van der Waals surface area contributed by atoms with Crippen molar-refractivity contribution in [2.24, 2.45) is 4.99 Å². The Hall–Kier alpha value is -0.000000000000000111. The minimum atomic E-state index is 0.616. The van der Waals surface area contributed by atoms with E-state index in [1.807, 2.05) is 11.8 Å². The van der Waals surface area contributed by atoms with Crippen molar-refractivity contribution in [2.45, 2.75) is 11.8 Å². The topological polar surface area (TPSA) is 15.6 Å². The van der Waals surface area contributed by atoms with Crippen molar-refractivity contribution < 1.29 is 0 Å². The molecule has 0 fully saturated rings. The van der Waals surface area contributed by atoms with Crippen molar-refractivity contribution in [3.63, 3.8) is 0 Å². The molecule has 2 nitrogen and oxygen atoms in total. The number of alkyl halides is 1. The lowest BCUT2D eigenvalue weighted by Gasteiger charge is -2.17. The number of rotatable bonds is 3. The van der Waals surface area contributed by atoms with Gasteiger partial charge < -0.3 is 4.90 Å². The van der Waals surface area contributed by atoms with Crippen molar-refractivity contribution in [3.8, 4) is 0 Å². The molecule has 1 atom stereocenters. The monoisotopic (exact) mass is 304 g/mol. The summed E-state index contributed by atoms with van der Waals surface area (Å²) >= 11 is 7.18. The molecule has 1 aromatic heterocycles. The van der Waals surface area contributed by atoms with Crippen molar-refractivity contribution in [1.82, 2.24) is 4.90 Å². The lowest BCUT2D eigenvalue weighted by atomic mass is 10.4. The van der Waals surface area contributed by atoms with Crippen LogP contribution < -0.4 is 0 Å². The first-order valence-electron chi connectivity index (χ1n) is 4.80. The number of thiophene rings is 1. The third-order valence-electron chi connectivity index (χ3n) is 2.17. The van der Waals surface area contributed by atoms with Gasteiger partial charge in [0.1, 0.15) is 0 Å². The zero-order valence-corrected chi connectivity index (χ0v) is 11.7. The molecule has 82 valence electrons. The highest BCUT2D eigenvalue weighted by atomic mass is 79.9. The van der Waals surface area contributed by atoms with Gasteiger partial charge in [0.05, 0.1) is 13.1 Å². The third kappa shape index (κ3) is 2.98. The van der Waals surface area contributed by atoms with E-state index in [1.54, 1.807) is 11.3 Å². The summed E-state index contributed by atoms with van der Waals surface area (Å²) in [6.45, 7) is 1.92. The molecule has 0 bridgehead atoms. The molecule has 1 aromatic rings. The van der Waals surface area contributed by atoms with E-state index in [-0.39, 0.29) is 0 Å². The van der Waals surface area contributed by atoms with Crippen molar-refractivity contribution in [1.29, 1.82) is 0 Å². The maximum atomic E-state index is 4.55. The molecule has 0 aliphatic carbocycles. The van der Waals surface area contributed by atoms with E-state index >= 15 is 0 Å². The second-order valence-electron chi connectivity index (χ2n) is 3.45. The van der Waals surface area contributed by atoms with Crippen molar-refractivity contribution >= 4 is 44.2 Å². The van der Waals surface area contributed by atoms with Crippen LogP contribution in [0, 0.1) is 0 Å². The van der Waals surface area contributed by atoms with E-state index < -0.39 is 0 Å². The quantitative estimate of drug-likeness (QED) is 0.798. The number of thioether (sulfide) groups is 1. The predicted molar refractivity (Wildman–Crippen MR) is 73.3 cm³/mol. The van der Waals surface area contributed by atoms with Gasteiger partial charge in [-0.15, -0.1) is 11.3 Å². The molecule has 0 saturated carbocycles. The van der Waals surface area contributed by atoms with E-state index in [4.69, 9.17) is 0 Å². The normalized spacial score (nSPS) is 20.4. The highest BCUT2D eigenvalue weighted by Gasteiger charge is 2.21. The van der Waals surface area contributed by atoms with Crippen LogP contribution in [-0.4, -0.2) is 34.2 Å². The summed E-state index contributed by atoms with van der Waals surface area (Å²) < 4.78 is 0. The van der Waals surface area contributed by atoms with Gasteiger partial charge in [0, 0.05) is 22.5 Å². The van der Waals surface area contributed by atoms with Gasteiger partial charge in [0.15, 0.2) is 5.17 Å². The minimum absolute atomic E-state index is 0.616. The Labute approximate surface area is 107 Å². The number of halogens is 1. The SMILES string of the molecule is CN(Cc1cccs1)C1=NCC(CBr)S1. The summed E-state index contributed by atoms with van der Waals surface area (Å²) in [6, 6.07) is 4.27. The first-order valence-corrected chi connectivity index (χ1v) is 7.68. The number of aliphatic imine (C=N–C) groups is 1. The molecular weight excluding hydrogens is 292 g/mol. The Morgan fingerprint density at radius 1 is 1.67 bits per heavy atom. The Balaban J connectivity index is 1.89. The highest BCUT2D eigenvalue weighted by Crippen LogP contribution is 2.25. The largest absolute Gasteiger partial charge is 0.349 e. The number of amidine groups is 1. The van der Waals surface area contributed by atoms with Crippen LogP contribution in [0.2, 0.25) is 0 Å². The first kappa shape index (κ1) is 11.5.